The van der Waals surface area contributed by atoms with Crippen molar-refractivity contribution in [2.45, 2.75) is 0 Å². The molecule has 0 aliphatic rings. The highest BCUT2D eigenvalue weighted by molar-refractivity contribution is 6.10. The van der Waals surface area contributed by atoms with Gasteiger partial charge in [0.2, 0.25) is 0 Å². The average Bonchev–Trinajstić information content (AvgIpc) is 2.89. The van der Waals surface area contributed by atoms with Gasteiger partial charge in [0.1, 0.15) is 0 Å². The van der Waals surface area contributed by atoms with Crippen molar-refractivity contribution >= 4 is 21.7 Å². The van der Waals surface area contributed by atoms with Crippen LogP contribution in [0.3, 0.4) is 0 Å². The molecule has 3 aromatic carbocycles. The molecular weight excluding hydrogens is 430 g/mol. The Hall–Kier alpha value is -3.03. The molecule has 0 fully saturated rings. The van der Waals surface area contributed by atoms with E-state index in [0.29, 0.717) is 52.9 Å². The van der Waals surface area contributed by atoms with Crippen molar-refractivity contribution in [3.8, 4) is 17.0 Å². The smallest absolute Gasteiger partial charge is 0.0989 e. The Balaban J connectivity index is 1.24. The molecule has 0 saturated carbocycles. The van der Waals surface area contributed by atoms with Gasteiger partial charge in [-0.15, -0.1) is 29.8 Å². The third kappa shape index (κ3) is 6.52. The van der Waals surface area contributed by atoms with E-state index in [-0.39, 0.29) is 0 Å². The summed E-state index contributed by atoms with van der Waals surface area (Å²) in [5.41, 5.74) is 2.84. The number of para-hydroxylation sites is 1. The summed E-state index contributed by atoms with van der Waals surface area (Å²) in [5, 5.41) is 3.46. The molecular formula is C28H30NO5-. The zero-order chi connectivity index (χ0) is 23.4. The van der Waals surface area contributed by atoms with Crippen LogP contribution >= 0.6 is 0 Å². The number of nitrogens with zero attached hydrogens (tertiary/aromatic N) is 1. The molecule has 0 radical (unpaired) electrons. The van der Waals surface area contributed by atoms with Gasteiger partial charge in [0.25, 0.3) is 0 Å². The fraction of sp³-hybridized carbons (Fsp3) is 0.321. The highest BCUT2D eigenvalue weighted by Gasteiger charge is 2.05. The second-order valence-electron chi connectivity index (χ2n) is 7.64. The molecule has 4 aromatic rings. The molecule has 0 aliphatic carbocycles. The minimum atomic E-state index is 0.463. The fourth-order valence-corrected chi connectivity index (χ4v) is 3.66. The zero-order valence-corrected chi connectivity index (χ0v) is 19.5. The molecule has 0 bridgehead atoms. The Morgan fingerprint density at radius 3 is 1.94 bits per heavy atom. The summed E-state index contributed by atoms with van der Waals surface area (Å²) in [7, 11) is 1.65. The van der Waals surface area contributed by atoms with Crippen LogP contribution in [0.1, 0.15) is 0 Å². The number of rotatable bonds is 14. The normalized spacial score (nSPS) is 11.3. The number of methoxy groups -OCH3 is 1. The molecule has 178 valence electrons. The van der Waals surface area contributed by atoms with Crippen LogP contribution in [-0.2, 0) is 18.9 Å². The summed E-state index contributed by atoms with van der Waals surface area (Å²) < 4.78 is 27.0. The highest BCUT2D eigenvalue weighted by atomic mass is 16.6. The molecule has 0 unspecified atom stereocenters. The van der Waals surface area contributed by atoms with Gasteiger partial charge in [0.15, 0.2) is 0 Å². The molecule has 0 aliphatic heterocycles. The maximum Gasteiger partial charge on any atom is 0.0989 e. The van der Waals surface area contributed by atoms with Crippen LogP contribution in [0.15, 0.2) is 66.7 Å². The molecule has 0 spiro atoms. The summed E-state index contributed by atoms with van der Waals surface area (Å²) in [6, 6.07) is 25.7. The van der Waals surface area contributed by atoms with Gasteiger partial charge in [-0.25, -0.2) is 0 Å². The summed E-state index contributed by atoms with van der Waals surface area (Å²) in [6.45, 7) is 4.30. The molecule has 6 nitrogen and oxygen atoms in total. The quantitative estimate of drug-likeness (QED) is 0.151. The molecule has 0 atom stereocenters. The average molecular weight is 461 g/mol. The van der Waals surface area contributed by atoms with E-state index in [1.165, 1.54) is 5.39 Å². The minimum Gasteiger partial charge on any atom is -0.534 e. The Kier molecular flexibility index (Phi) is 9.22. The molecule has 1 heterocycles. The summed E-state index contributed by atoms with van der Waals surface area (Å²) >= 11 is 0. The summed E-state index contributed by atoms with van der Waals surface area (Å²) in [6.07, 6.45) is 0. The van der Waals surface area contributed by atoms with Gasteiger partial charge in [-0.1, -0.05) is 42.5 Å². The molecule has 6 heteroatoms. The number of pyridine rings is 1. The van der Waals surface area contributed by atoms with Crippen LogP contribution in [0, 0.1) is 6.07 Å². The lowest BCUT2D eigenvalue weighted by molar-refractivity contribution is 0.000164. The molecule has 4 rings (SSSR count). The number of benzene rings is 3. The lowest BCUT2D eigenvalue weighted by Gasteiger charge is -2.16. The Bertz CT molecular complexity index is 1160. The molecule has 0 N–H and O–H groups in total. The van der Waals surface area contributed by atoms with E-state index >= 15 is 0 Å². The van der Waals surface area contributed by atoms with Gasteiger partial charge in [-0.2, -0.15) is 0 Å². The third-order valence-electron chi connectivity index (χ3n) is 5.32. The van der Waals surface area contributed by atoms with Gasteiger partial charge in [-0.05, 0) is 22.5 Å². The number of hydrogen-bond donors (Lipinski definition) is 0. The van der Waals surface area contributed by atoms with Crippen LogP contribution < -0.4 is 4.74 Å². The van der Waals surface area contributed by atoms with Gasteiger partial charge in [0, 0.05) is 18.2 Å². The molecule has 1 aromatic heterocycles. The first-order chi connectivity index (χ1) is 16.9. The van der Waals surface area contributed by atoms with Crippen LogP contribution in [0.2, 0.25) is 0 Å². The first kappa shape index (κ1) is 24.1. The SMILES string of the molecule is COCCOCCOCCOCCOc1c[c-]c(-c2nc3ccccc3c3ccccc23)cc1. The van der Waals surface area contributed by atoms with Crippen molar-refractivity contribution in [1.29, 1.82) is 0 Å². The lowest BCUT2D eigenvalue weighted by atomic mass is 10.00. The van der Waals surface area contributed by atoms with Crippen molar-refractivity contribution in [3.05, 3.63) is 72.8 Å². The lowest BCUT2D eigenvalue weighted by Crippen LogP contribution is -2.13. The topological polar surface area (TPSA) is 59.0 Å². The number of hydrogen-bond acceptors (Lipinski definition) is 6. The molecule has 34 heavy (non-hydrogen) atoms. The molecule has 0 amide bonds. The van der Waals surface area contributed by atoms with Gasteiger partial charge < -0.3 is 23.7 Å². The fourth-order valence-electron chi connectivity index (χ4n) is 3.66. The first-order valence-corrected chi connectivity index (χ1v) is 11.5. The van der Waals surface area contributed by atoms with E-state index in [0.717, 1.165) is 33.3 Å². The Morgan fingerprint density at radius 2 is 1.26 bits per heavy atom. The monoisotopic (exact) mass is 460 g/mol. The second kappa shape index (κ2) is 13.0. The Morgan fingerprint density at radius 1 is 0.647 bits per heavy atom. The summed E-state index contributed by atoms with van der Waals surface area (Å²) in [4.78, 5) is 4.92. The summed E-state index contributed by atoms with van der Waals surface area (Å²) in [5.74, 6) is 0.752. The van der Waals surface area contributed by atoms with Crippen molar-refractivity contribution in [1.82, 2.24) is 4.98 Å². The van der Waals surface area contributed by atoms with Crippen molar-refractivity contribution in [2.24, 2.45) is 0 Å². The number of fused-ring (bicyclic) bond motifs is 3. The largest absolute Gasteiger partial charge is 0.534 e. The first-order valence-electron chi connectivity index (χ1n) is 11.5. The molecule has 0 saturated heterocycles. The number of aromatic nitrogens is 1. The van der Waals surface area contributed by atoms with E-state index in [4.69, 9.17) is 28.7 Å². The van der Waals surface area contributed by atoms with E-state index in [2.05, 4.69) is 30.3 Å². The zero-order valence-electron chi connectivity index (χ0n) is 19.5. The van der Waals surface area contributed by atoms with E-state index in [9.17, 15) is 0 Å². The second-order valence-corrected chi connectivity index (χ2v) is 7.64. The maximum absolute atomic E-state index is 5.79. The van der Waals surface area contributed by atoms with Gasteiger partial charge >= 0.3 is 0 Å². The van der Waals surface area contributed by atoms with E-state index < -0.39 is 0 Å². The van der Waals surface area contributed by atoms with Gasteiger partial charge in [-0.3, -0.25) is 4.98 Å². The van der Waals surface area contributed by atoms with Crippen molar-refractivity contribution in [2.75, 3.05) is 60.0 Å². The van der Waals surface area contributed by atoms with Gasteiger partial charge in [0.05, 0.1) is 58.4 Å². The highest BCUT2D eigenvalue weighted by Crippen LogP contribution is 2.32. The third-order valence-corrected chi connectivity index (χ3v) is 5.32. The Labute approximate surface area is 200 Å². The standard InChI is InChI=1S/C28H30NO5/c1-30-14-15-31-16-17-32-18-19-33-20-21-34-23-12-10-22(11-13-23)28-26-8-3-2-6-24(26)25-7-4-5-9-27(25)29-28/h2-10,12-13H,14-21H2,1H3/q-1. The minimum absolute atomic E-state index is 0.463. The van der Waals surface area contributed by atoms with E-state index in [1.54, 1.807) is 7.11 Å². The maximum atomic E-state index is 5.79. The van der Waals surface area contributed by atoms with E-state index in [1.807, 2.05) is 42.5 Å². The predicted octanol–water partition coefficient (Wildman–Crippen LogP) is 4.93. The van der Waals surface area contributed by atoms with Crippen molar-refractivity contribution in [3.63, 3.8) is 0 Å². The van der Waals surface area contributed by atoms with Crippen LogP contribution in [0.4, 0.5) is 0 Å². The van der Waals surface area contributed by atoms with Crippen molar-refractivity contribution < 1.29 is 23.7 Å². The number of ether oxygens (including phenoxy) is 5. The van der Waals surface area contributed by atoms with Crippen LogP contribution in [0.25, 0.3) is 32.9 Å². The van der Waals surface area contributed by atoms with Crippen LogP contribution in [-0.4, -0.2) is 64.9 Å². The predicted molar refractivity (Wildman–Crippen MR) is 133 cm³/mol. The van der Waals surface area contributed by atoms with Crippen LogP contribution in [0.5, 0.6) is 5.75 Å².